The van der Waals surface area contributed by atoms with Gasteiger partial charge in [-0.3, -0.25) is 14.2 Å². The van der Waals surface area contributed by atoms with Gasteiger partial charge in [-0.15, -0.1) is 11.8 Å². The van der Waals surface area contributed by atoms with Gasteiger partial charge >= 0.3 is 0 Å². The van der Waals surface area contributed by atoms with Crippen LogP contribution in [0.2, 0.25) is 0 Å². The van der Waals surface area contributed by atoms with Crippen LogP contribution in [0.3, 0.4) is 0 Å². The zero-order valence-electron chi connectivity index (χ0n) is 12.6. The van der Waals surface area contributed by atoms with Crippen molar-refractivity contribution in [2.75, 3.05) is 31.1 Å². The van der Waals surface area contributed by atoms with Gasteiger partial charge in [-0.05, 0) is 25.5 Å². The molecule has 2 aliphatic rings. The van der Waals surface area contributed by atoms with Crippen LogP contribution in [0.15, 0.2) is 22.1 Å². The largest absolute Gasteiger partial charge is 0.366 e. The molecule has 10 heteroatoms. The molecule has 2 rings (SSSR count). The fourth-order valence-electron chi connectivity index (χ4n) is 2.21. The van der Waals surface area contributed by atoms with Crippen molar-refractivity contribution in [3.63, 3.8) is 0 Å². The summed E-state index contributed by atoms with van der Waals surface area (Å²) in [5.41, 5.74) is 0. The van der Waals surface area contributed by atoms with Crippen molar-refractivity contribution in [3.05, 3.63) is 22.1 Å². The van der Waals surface area contributed by atoms with Gasteiger partial charge in [0, 0.05) is 25.4 Å². The molecule has 0 aromatic heterocycles. The molecule has 1 amide bonds. The summed E-state index contributed by atoms with van der Waals surface area (Å²) in [6, 6.07) is 0. The lowest BCUT2D eigenvalue weighted by Gasteiger charge is -2.18. The van der Waals surface area contributed by atoms with E-state index >= 15 is 0 Å². The highest BCUT2D eigenvalue weighted by Crippen LogP contribution is 2.32. The molecular weight excluding hydrogens is 376 g/mol. The molecule has 2 saturated heterocycles. The van der Waals surface area contributed by atoms with Gasteiger partial charge in [0.2, 0.25) is 0 Å². The molecule has 6 nitrogen and oxygen atoms in total. The summed E-state index contributed by atoms with van der Waals surface area (Å²) in [5.74, 6) is 0.609. The Morgan fingerprint density at radius 2 is 2.13 bits per heavy atom. The van der Waals surface area contributed by atoms with Gasteiger partial charge in [0.15, 0.2) is 0 Å². The first-order valence-electron chi connectivity index (χ1n) is 7.10. The summed E-state index contributed by atoms with van der Waals surface area (Å²) in [6.45, 7) is 3.83. The Labute approximate surface area is 150 Å². The van der Waals surface area contributed by atoms with E-state index < -0.39 is 10.1 Å². The molecular formula is C13H18N2O4S4. The van der Waals surface area contributed by atoms with Gasteiger partial charge < -0.3 is 4.90 Å². The van der Waals surface area contributed by atoms with E-state index in [1.807, 2.05) is 13.0 Å². The number of thiocarbonyl (C=S) groups is 1. The molecule has 0 aromatic rings. The van der Waals surface area contributed by atoms with Crippen molar-refractivity contribution < 1.29 is 17.8 Å². The first-order valence-corrected chi connectivity index (χ1v) is 10.9. The molecule has 0 radical (unpaired) electrons. The van der Waals surface area contributed by atoms with Gasteiger partial charge in [-0.2, -0.15) is 8.42 Å². The molecule has 23 heavy (non-hydrogen) atoms. The Morgan fingerprint density at radius 3 is 2.74 bits per heavy atom. The van der Waals surface area contributed by atoms with Crippen LogP contribution in [0.1, 0.15) is 13.3 Å². The number of carbonyl (C=O) groups is 1. The van der Waals surface area contributed by atoms with E-state index in [4.69, 9.17) is 16.8 Å². The average molecular weight is 395 g/mol. The molecule has 0 atom stereocenters. The van der Waals surface area contributed by atoms with E-state index in [2.05, 4.69) is 4.90 Å². The van der Waals surface area contributed by atoms with Crippen molar-refractivity contribution in [2.45, 2.75) is 13.3 Å². The number of thioether (sulfide) groups is 2. The van der Waals surface area contributed by atoms with E-state index in [-0.39, 0.29) is 11.7 Å². The number of likely N-dealkylation sites (N-methyl/N-ethyl adjacent to an activating group) is 1. The number of allylic oxidation sites excluding steroid dienone is 2. The molecule has 2 heterocycles. The van der Waals surface area contributed by atoms with Gasteiger partial charge in [-0.25, -0.2) is 0 Å². The van der Waals surface area contributed by atoms with E-state index in [0.717, 1.165) is 17.3 Å². The number of nitrogens with zero attached hydrogens (tertiary/aromatic N) is 2. The molecule has 0 aromatic carbocycles. The Balaban J connectivity index is 1.99. The summed E-state index contributed by atoms with van der Waals surface area (Å²) in [7, 11) is -3.91. The lowest BCUT2D eigenvalue weighted by atomic mass is 10.4. The Morgan fingerprint density at radius 1 is 1.39 bits per heavy atom. The molecule has 0 saturated carbocycles. The standard InChI is InChI=1S/C13H18N2O4S4/c1-2-15-12(16)10(22-13(15)20)4-5-11-14(7-8-21-11)6-3-9-23(17,18)19/h4-5H,2-3,6-9H2,1H3,(H,17,18,19)/b10-4-,11-5-. The lowest BCUT2D eigenvalue weighted by molar-refractivity contribution is -0.122. The fraction of sp³-hybridized carbons (Fsp3) is 0.538. The maximum absolute atomic E-state index is 12.1. The molecule has 2 fully saturated rings. The zero-order valence-corrected chi connectivity index (χ0v) is 15.9. The van der Waals surface area contributed by atoms with Crippen molar-refractivity contribution in [2.24, 2.45) is 0 Å². The van der Waals surface area contributed by atoms with Crippen LogP contribution < -0.4 is 0 Å². The number of hydrogen-bond donors (Lipinski definition) is 1. The van der Waals surface area contributed by atoms with Crippen LogP contribution in [0.5, 0.6) is 0 Å². The first-order chi connectivity index (χ1) is 10.8. The number of hydrogen-bond acceptors (Lipinski definition) is 7. The summed E-state index contributed by atoms with van der Waals surface area (Å²) in [5, 5.41) is 1.00. The molecule has 0 bridgehead atoms. The van der Waals surface area contributed by atoms with E-state index in [0.29, 0.717) is 28.7 Å². The van der Waals surface area contributed by atoms with Gasteiger partial charge in [0.25, 0.3) is 16.0 Å². The summed E-state index contributed by atoms with van der Waals surface area (Å²) < 4.78 is 30.9. The Kier molecular flexibility index (Phi) is 6.55. The van der Waals surface area contributed by atoms with Crippen LogP contribution >= 0.6 is 35.7 Å². The van der Waals surface area contributed by atoms with Crippen molar-refractivity contribution in [1.82, 2.24) is 9.80 Å². The second-order valence-corrected chi connectivity index (χ2v) is 9.29. The third-order valence-corrected chi connectivity index (χ3v) is 6.60. The van der Waals surface area contributed by atoms with Crippen LogP contribution in [-0.4, -0.2) is 64.1 Å². The predicted octanol–water partition coefficient (Wildman–Crippen LogP) is 1.92. The van der Waals surface area contributed by atoms with Crippen molar-refractivity contribution >= 4 is 56.1 Å². The molecule has 0 spiro atoms. The second kappa shape index (κ2) is 8.02. The van der Waals surface area contributed by atoms with Gasteiger partial charge in [0.05, 0.1) is 15.7 Å². The number of rotatable bonds is 6. The zero-order chi connectivity index (χ0) is 17.0. The van der Waals surface area contributed by atoms with E-state index in [1.54, 1.807) is 22.7 Å². The highest BCUT2D eigenvalue weighted by atomic mass is 32.2. The van der Waals surface area contributed by atoms with E-state index in [9.17, 15) is 13.2 Å². The van der Waals surface area contributed by atoms with Crippen LogP contribution in [0.25, 0.3) is 0 Å². The minimum atomic E-state index is -3.91. The smallest absolute Gasteiger partial charge is 0.266 e. The molecule has 128 valence electrons. The Bertz CT molecular complexity index is 657. The predicted molar refractivity (Wildman–Crippen MR) is 98.8 cm³/mol. The summed E-state index contributed by atoms with van der Waals surface area (Å²) in [6.07, 6.45) is 4.03. The maximum Gasteiger partial charge on any atom is 0.266 e. The number of carbonyl (C=O) groups excluding carboxylic acids is 1. The quantitative estimate of drug-likeness (QED) is 0.416. The minimum absolute atomic E-state index is 0.0692. The third kappa shape index (κ3) is 5.21. The first kappa shape index (κ1) is 18.8. The highest BCUT2D eigenvalue weighted by molar-refractivity contribution is 8.26. The summed E-state index contributed by atoms with van der Waals surface area (Å²) in [4.78, 5) is 16.4. The van der Waals surface area contributed by atoms with Gasteiger partial charge in [-0.1, -0.05) is 24.0 Å². The van der Waals surface area contributed by atoms with Gasteiger partial charge in [0.1, 0.15) is 4.32 Å². The molecule has 2 aliphatic heterocycles. The highest BCUT2D eigenvalue weighted by Gasteiger charge is 2.30. The molecule has 1 N–H and O–H groups in total. The van der Waals surface area contributed by atoms with Crippen LogP contribution in [-0.2, 0) is 14.9 Å². The van der Waals surface area contributed by atoms with E-state index in [1.165, 1.54) is 11.8 Å². The monoisotopic (exact) mass is 394 g/mol. The number of amides is 1. The normalized spacial score (nSPS) is 22.9. The topological polar surface area (TPSA) is 77.9 Å². The van der Waals surface area contributed by atoms with Crippen LogP contribution in [0.4, 0.5) is 0 Å². The second-order valence-electron chi connectivity index (χ2n) is 4.93. The fourth-order valence-corrected chi connectivity index (χ4v) is 5.08. The summed E-state index contributed by atoms with van der Waals surface area (Å²) >= 11 is 8.13. The average Bonchev–Trinajstić information content (AvgIpc) is 3.00. The van der Waals surface area contributed by atoms with Crippen molar-refractivity contribution in [1.29, 1.82) is 0 Å². The van der Waals surface area contributed by atoms with Crippen LogP contribution in [0, 0.1) is 0 Å². The Hall–Kier alpha value is -0.550. The molecule has 0 aliphatic carbocycles. The van der Waals surface area contributed by atoms with Crippen molar-refractivity contribution in [3.8, 4) is 0 Å². The third-order valence-electron chi connectivity index (χ3n) is 3.32. The lowest BCUT2D eigenvalue weighted by Crippen LogP contribution is -2.27. The molecule has 0 unspecified atom stereocenters. The maximum atomic E-state index is 12.1. The SMILES string of the molecule is CCN1C(=O)/C(=C/C=C2\SCCN2CCCS(=O)(=O)O)SC1=S. The minimum Gasteiger partial charge on any atom is -0.366 e.